The van der Waals surface area contributed by atoms with Crippen LogP contribution in [-0.4, -0.2) is 6.04 Å². The molecule has 0 radical (unpaired) electrons. The Morgan fingerprint density at radius 3 is 2.54 bits per heavy atom. The van der Waals surface area contributed by atoms with Crippen molar-refractivity contribution in [2.75, 3.05) is 0 Å². The Kier molecular flexibility index (Phi) is 2.98. The number of nitrogens with two attached hydrogens (primary N) is 1. The van der Waals surface area contributed by atoms with Gasteiger partial charge in [-0.05, 0) is 37.5 Å². The van der Waals surface area contributed by atoms with Crippen molar-refractivity contribution in [1.82, 2.24) is 0 Å². The second kappa shape index (κ2) is 3.83. The van der Waals surface area contributed by atoms with E-state index in [9.17, 15) is 8.78 Å². The maximum Gasteiger partial charge on any atom is 0.129 e. The van der Waals surface area contributed by atoms with Crippen LogP contribution in [0.2, 0.25) is 0 Å². The Bertz CT molecular complexity index is 308. The molecule has 0 fully saturated rings. The molecule has 0 saturated carbocycles. The van der Waals surface area contributed by atoms with Gasteiger partial charge in [0.1, 0.15) is 11.6 Å². The van der Waals surface area contributed by atoms with Gasteiger partial charge in [-0.15, -0.1) is 0 Å². The summed E-state index contributed by atoms with van der Waals surface area (Å²) in [4.78, 5) is 0. The zero-order chi connectivity index (χ0) is 10.0. The van der Waals surface area contributed by atoms with Crippen LogP contribution < -0.4 is 5.73 Å². The summed E-state index contributed by atoms with van der Waals surface area (Å²) in [6, 6.07) is 2.14. The lowest BCUT2D eigenvalue weighted by molar-refractivity contribution is 0.570. The first-order valence-electron chi connectivity index (χ1n) is 4.21. The van der Waals surface area contributed by atoms with Crippen LogP contribution >= 0.6 is 0 Å². The maximum atomic E-state index is 13.0. The standard InChI is InChI=1S/C10H13F2N/c1-6(13)3-8-4-9(11)5-10(12)7(8)2/h4-6H,3,13H2,1-2H3/t6-/m0/s1. The smallest absolute Gasteiger partial charge is 0.129 e. The van der Waals surface area contributed by atoms with Crippen LogP contribution in [0.3, 0.4) is 0 Å². The van der Waals surface area contributed by atoms with E-state index in [-0.39, 0.29) is 6.04 Å². The van der Waals surface area contributed by atoms with Gasteiger partial charge in [0, 0.05) is 12.1 Å². The third-order valence-corrected chi connectivity index (χ3v) is 1.96. The predicted molar refractivity (Wildman–Crippen MR) is 48.4 cm³/mol. The fourth-order valence-corrected chi connectivity index (χ4v) is 1.26. The lowest BCUT2D eigenvalue weighted by Crippen LogP contribution is -2.18. The molecule has 1 aromatic rings. The molecule has 0 amide bonds. The van der Waals surface area contributed by atoms with Crippen molar-refractivity contribution in [3.8, 4) is 0 Å². The lowest BCUT2D eigenvalue weighted by atomic mass is 10.0. The topological polar surface area (TPSA) is 26.0 Å². The van der Waals surface area contributed by atoms with Gasteiger partial charge in [-0.1, -0.05) is 0 Å². The van der Waals surface area contributed by atoms with Gasteiger partial charge in [0.25, 0.3) is 0 Å². The quantitative estimate of drug-likeness (QED) is 0.750. The van der Waals surface area contributed by atoms with Crippen molar-refractivity contribution >= 4 is 0 Å². The summed E-state index contributed by atoms with van der Waals surface area (Å²) in [6.45, 7) is 3.44. The van der Waals surface area contributed by atoms with E-state index in [2.05, 4.69) is 0 Å². The zero-order valence-electron chi connectivity index (χ0n) is 7.77. The Morgan fingerprint density at radius 1 is 1.38 bits per heavy atom. The van der Waals surface area contributed by atoms with Crippen LogP contribution in [-0.2, 0) is 6.42 Å². The first-order valence-corrected chi connectivity index (χ1v) is 4.21. The van der Waals surface area contributed by atoms with Gasteiger partial charge in [0.05, 0.1) is 0 Å². The molecule has 2 N–H and O–H groups in total. The summed E-state index contributed by atoms with van der Waals surface area (Å²) in [6.07, 6.45) is 0.501. The van der Waals surface area contributed by atoms with Gasteiger partial charge in [0.2, 0.25) is 0 Å². The molecule has 0 spiro atoms. The molecular formula is C10H13F2N. The molecule has 13 heavy (non-hydrogen) atoms. The molecule has 0 aliphatic carbocycles. The number of benzene rings is 1. The van der Waals surface area contributed by atoms with Crippen molar-refractivity contribution < 1.29 is 8.78 Å². The molecule has 0 aliphatic heterocycles. The highest BCUT2D eigenvalue weighted by Gasteiger charge is 2.08. The first kappa shape index (κ1) is 10.1. The van der Waals surface area contributed by atoms with E-state index in [1.165, 1.54) is 6.07 Å². The average Bonchev–Trinajstić information content (AvgIpc) is 1.98. The predicted octanol–water partition coefficient (Wildman–Crippen LogP) is 2.16. The van der Waals surface area contributed by atoms with Crippen molar-refractivity contribution in [2.45, 2.75) is 26.3 Å². The number of halogens is 2. The molecule has 0 saturated heterocycles. The Hall–Kier alpha value is -0.960. The summed E-state index contributed by atoms with van der Waals surface area (Å²) in [5, 5.41) is 0. The monoisotopic (exact) mass is 185 g/mol. The van der Waals surface area contributed by atoms with Crippen LogP contribution in [0.5, 0.6) is 0 Å². The fourth-order valence-electron chi connectivity index (χ4n) is 1.26. The third-order valence-electron chi connectivity index (χ3n) is 1.96. The fraction of sp³-hybridized carbons (Fsp3) is 0.400. The Labute approximate surface area is 76.6 Å². The summed E-state index contributed by atoms with van der Waals surface area (Å²) in [5.41, 5.74) is 6.68. The summed E-state index contributed by atoms with van der Waals surface area (Å²) in [5.74, 6) is -1.05. The molecule has 0 bridgehead atoms. The lowest BCUT2D eigenvalue weighted by Gasteiger charge is -2.09. The second-order valence-electron chi connectivity index (χ2n) is 3.35. The van der Waals surface area contributed by atoms with Crippen molar-refractivity contribution in [3.05, 3.63) is 34.9 Å². The largest absolute Gasteiger partial charge is 0.328 e. The second-order valence-corrected chi connectivity index (χ2v) is 3.35. The molecule has 1 rings (SSSR count). The van der Waals surface area contributed by atoms with Crippen LogP contribution in [0.15, 0.2) is 12.1 Å². The Balaban J connectivity index is 3.05. The van der Waals surface area contributed by atoms with E-state index in [4.69, 9.17) is 5.73 Å². The molecule has 1 atom stereocenters. The minimum atomic E-state index is -0.543. The average molecular weight is 185 g/mol. The summed E-state index contributed by atoms with van der Waals surface area (Å²) in [7, 11) is 0. The van der Waals surface area contributed by atoms with Crippen molar-refractivity contribution in [1.29, 1.82) is 0 Å². The van der Waals surface area contributed by atoms with E-state index in [0.29, 0.717) is 17.5 Å². The van der Waals surface area contributed by atoms with Gasteiger partial charge in [-0.25, -0.2) is 8.78 Å². The third kappa shape index (κ3) is 2.49. The van der Waals surface area contributed by atoms with E-state index in [1.807, 2.05) is 6.92 Å². The van der Waals surface area contributed by atoms with Crippen molar-refractivity contribution in [2.24, 2.45) is 5.73 Å². The maximum absolute atomic E-state index is 13.0. The molecule has 3 heteroatoms. The van der Waals surface area contributed by atoms with E-state index < -0.39 is 11.6 Å². The van der Waals surface area contributed by atoms with Gasteiger partial charge >= 0.3 is 0 Å². The Morgan fingerprint density at radius 2 is 2.00 bits per heavy atom. The highest BCUT2D eigenvalue weighted by molar-refractivity contribution is 5.28. The number of hydrogen-bond donors (Lipinski definition) is 1. The van der Waals surface area contributed by atoms with Crippen molar-refractivity contribution in [3.63, 3.8) is 0 Å². The highest BCUT2D eigenvalue weighted by atomic mass is 19.1. The number of rotatable bonds is 2. The molecule has 72 valence electrons. The molecule has 1 nitrogen and oxygen atoms in total. The molecule has 0 aromatic heterocycles. The molecular weight excluding hydrogens is 172 g/mol. The van der Waals surface area contributed by atoms with E-state index in [1.54, 1.807) is 6.92 Å². The van der Waals surface area contributed by atoms with Gasteiger partial charge in [-0.2, -0.15) is 0 Å². The zero-order valence-corrected chi connectivity index (χ0v) is 7.77. The van der Waals surface area contributed by atoms with Gasteiger partial charge in [-0.3, -0.25) is 0 Å². The number of hydrogen-bond acceptors (Lipinski definition) is 1. The van der Waals surface area contributed by atoms with Crippen LogP contribution in [0.25, 0.3) is 0 Å². The normalized spacial score (nSPS) is 13.0. The van der Waals surface area contributed by atoms with Crippen LogP contribution in [0, 0.1) is 18.6 Å². The minimum Gasteiger partial charge on any atom is -0.328 e. The highest BCUT2D eigenvalue weighted by Crippen LogP contribution is 2.16. The molecule has 0 heterocycles. The summed E-state index contributed by atoms with van der Waals surface area (Å²) >= 11 is 0. The molecule has 1 aromatic carbocycles. The van der Waals surface area contributed by atoms with Crippen LogP contribution in [0.4, 0.5) is 8.78 Å². The van der Waals surface area contributed by atoms with Crippen LogP contribution in [0.1, 0.15) is 18.1 Å². The molecule has 0 unspecified atom stereocenters. The molecule has 0 aliphatic rings. The van der Waals surface area contributed by atoms with E-state index in [0.717, 1.165) is 6.07 Å². The SMILES string of the molecule is Cc1c(F)cc(F)cc1C[C@H](C)N. The minimum absolute atomic E-state index is 0.0834. The van der Waals surface area contributed by atoms with Gasteiger partial charge < -0.3 is 5.73 Å². The summed E-state index contributed by atoms with van der Waals surface area (Å²) < 4.78 is 25.8. The first-order chi connectivity index (χ1) is 6.00. The van der Waals surface area contributed by atoms with E-state index >= 15 is 0 Å². The van der Waals surface area contributed by atoms with Gasteiger partial charge in [0.15, 0.2) is 0 Å².